The third-order valence-corrected chi connectivity index (χ3v) is 4.99. The number of rotatable bonds is 6. The van der Waals surface area contributed by atoms with Gasteiger partial charge in [-0.05, 0) is 40.2 Å². The first-order chi connectivity index (χ1) is 11.8. The van der Waals surface area contributed by atoms with E-state index in [1.54, 1.807) is 12.1 Å². The zero-order valence-corrected chi connectivity index (χ0v) is 15.5. The van der Waals surface area contributed by atoms with E-state index >= 15 is 0 Å². The predicted molar refractivity (Wildman–Crippen MR) is 94.7 cm³/mol. The van der Waals surface area contributed by atoms with E-state index in [9.17, 15) is 23.9 Å². The molecule has 0 unspecified atom stereocenters. The Hall–Kier alpha value is -1.97. The minimum atomic E-state index is -1.45. The van der Waals surface area contributed by atoms with Gasteiger partial charge in [0.2, 0.25) is 0 Å². The molecule has 0 bridgehead atoms. The fraction of sp³-hybridized carbons (Fsp3) is 0.133. The van der Waals surface area contributed by atoms with Crippen molar-refractivity contribution in [2.24, 2.45) is 0 Å². The third-order valence-electron chi connectivity index (χ3n) is 3.06. The van der Waals surface area contributed by atoms with Crippen LogP contribution >= 0.6 is 38.9 Å². The normalized spacial score (nSPS) is 11.6. The van der Waals surface area contributed by atoms with Gasteiger partial charge in [-0.1, -0.05) is 17.7 Å². The lowest BCUT2D eigenvalue weighted by atomic mass is 10.1. The molecule has 132 valence electrons. The van der Waals surface area contributed by atoms with Crippen molar-refractivity contribution in [3.05, 3.63) is 55.4 Å². The third kappa shape index (κ3) is 5.00. The molecule has 0 aliphatic rings. The topological polar surface area (TPSA) is 95.5 Å². The lowest BCUT2D eigenvalue weighted by molar-refractivity contribution is -0.139. The molecule has 3 N–H and O–H groups in total. The molecule has 6 nitrogen and oxygen atoms in total. The Kier molecular flexibility index (Phi) is 6.51. The second kappa shape index (κ2) is 8.41. The number of halogens is 3. The van der Waals surface area contributed by atoms with Crippen LogP contribution in [0.5, 0.6) is 0 Å². The van der Waals surface area contributed by atoms with Gasteiger partial charge in [0, 0.05) is 6.54 Å². The maximum absolute atomic E-state index is 13.7. The van der Waals surface area contributed by atoms with Crippen LogP contribution in [0.25, 0.3) is 0 Å². The highest BCUT2D eigenvalue weighted by Crippen LogP contribution is 2.22. The van der Waals surface area contributed by atoms with Gasteiger partial charge in [0.15, 0.2) is 0 Å². The van der Waals surface area contributed by atoms with E-state index in [1.807, 2.05) is 0 Å². The second-order valence-corrected chi connectivity index (χ2v) is 7.64. The zero-order chi connectivity index (χ0) is 18.6. The molecule has 0 aliphatic heterocycles. The summed E-state index contributed by atoms with van der Waals surface area (Å²) in [5.74, 6) is -3.72. The summed E-state index contributed by atoms with van der Waals surface area (Å²) in [6.07, 6.45) is 0. The first kappa shape index (κ1) is 19.4. The van der Waals surface area contributed by atoms with Crippen LogP contribution in [0.3, 0.4) is 0 Å². The molecular formula is C15H11BrClFN2O4S. The van der Waals surface area contributed by atoms with Crippen molar-refractivity contribution in [2.45, 2.75) is 6.04 Å². The van der Waals surface area contributed by atoms with Gasteiger partial charge in [0.1, 0.15) is 11.9 Å². The van der Waals surface area contributed by atoms with Gasteiger partial charge >= 0.3 is 5.97 Å². The molecule has 1 aromatic heterocycles. The average Bonchev–Trinajstić information content (AvgIpc) is 2.97. The van der Waals surface area contributed by atoms with Gasteiger partial charge in [-0.2, -0.15) is 0 Å². The number of amides is 2. The summed E-state index contributed by atoms with van der Waals surface area (Å²) >= 11 is 10.2. The summed E-state index contributed by atoms with van der Waals surface area (Å²) in [6.45, 7) is -0.374. The number of hydrogen-bond donors (Lipinski definition) is 3. The quantitative estimate of drug-likeness (QED) is 0.632. The first-order valence-electron chi connectivity index (χ1n) is 6.81. The Morgan fingerprint density at radius 3 is 2.52 bits per heavy atom. The number of hydrogen-bond acceptors (Lipinski definition) is 4. The summed E-state index contributed by atoms with van der Waals surface area (Å²) in [7, 11) is 0. The van der Waals surface area contributed by atoms with Crippen LogP contribution in [-0.2, 0) is 4.79 Å². The number of carbonyl (C=O) groups excluding carboxylic acids is 2. The van der Waals surface area contributed by atoms with Crippen molar-refractivity contribution in [3.8, 4) is 0 Å². The number of carboxylic acid groups (broad SMARTS) is 1. The molecule has 10 heteroatoms. The fourth-order valence-corrected chi connectivity index (χ4v) is 3.41. The molecule has 1 heterocycles. The molecule has 2 rings (SSSR count). The van der Waals surface area contributed by atoms with Crippen LogP contribution in [0.4, 0.5) is 4.39 Å². The predicted octanol–water partition coefficient (Wildman–Crippen LogP) is 2.92. The molecule has 1 aromatic carbocycles. The molecule has 0 aliphatic carbocycles. The lowest BCUT2D eigenvalue weighted by Crippen LogP contribution is -2.48. The van der Waals surface area contributed by atoms with E-state index in [0.717, 1.165) is 9.85 Å². The molecule has 1 atom stereocenters. The number of aliphatic carboxylic acids is 1. The number of benzene rings is 1. The maximum Gasteiger partial charge on any atom is 0.328 e. The highest BCUT2D eigenvalue weighted by Gasteiger charge is 2.24. The van der Waals surface area contributed by atoms with E-state index in [1.165, 1.54) is 23.5 Å². The van der Waals surface area contributed by atoms with Crippen molar-refractivity contribution in [1.29, 1.82) is 0 Å². The van der Waals surface area contributed by atoms with E-state index in [0.29, 0.717) is 4.88 Å². The van der Waals surface area contributed by atoms with Gasteiger partial charge in [-0.3, -0.25) is 9.59 Å². The van der Waals surface area contributed by atoms with Crippen LogP contribution in [0.1, 0.15) is 20.0 Å². The number of carboxylic acids is 1. The van der Waals surface area contributed by atoms with Crippen LogP contribution < -0.4 is 10.6 Å². The van der Waals surface area contributed by atoms with Crippen LogP contribution in [0.2, 0.25) is 5.02 Å². The number of nitrogens with one attached hydrogen (secondary N) is 2. The van der Waals surface area contributed by atoms with Crippen molar-refractivity contribution in [3.63, 3.8) is 0 Å². The Bertz CT molecular complexity index is 809. The van der Waals surface area contributed by atoms with Gasteiger partial charge in [-0.15, -0.1) is 11.3 Å². The highest BCUT2D eigenvalue weighted by molar-refractivity contribution is 9.11. The van der Waals surface area contributed by atoms with Gasteiger partial charge in [0.05, 0.1) is 19.2 Å². The minimum absolute atomic E-state index is 0.144. The largest absolute Gasteiger partial charge is 0.480 e. The monoisotopic (exact) mass is 448 g/mol. The summed E-state index contributed by atoms with van der Waals surface area (Å²) < 4.78 is 14.5. The summed E-state index contributed by atoms with van der Waals surface area (Å²) in [5.41, 5.74) is -0.455. The average molecular weight is 450 g/mol. The van der Waals surface area contributed by atoms with Gasteiger partial charge in [-0.25, -0.2) is 9.18 Å². The second-order valence-electron chi connectivity index (χ2n) is 4.77. The van der Waals surface area contributed by atoms with Crippen LogP contribution in [0.15, 0.2) is 34.1 Å². The molecule has 0 saturated heterocycles. The van der Waals surface area contributed by atoms with Crippen LogP contribution in [0, 0.1) is 5.82 Å². The van der Waals surface area contributed by atoms with Crippen molar-refractivity contribution >= 4 is 56.7 Å². The molecule has 25 heavy (non-hydrogen) atoms. The van der Waals surface area contributed by atoms with E-state index < -0.39 is 35.2 Å². The molecule has 0 saturated carbocycles. The number of carbonyl (C=O) groups is 3. The lowest BCUT2D eigenvalue weighted by Gasteiger charge is -2.16. The summed E-state index contributed by atoms with van der Waals surface area (Å²) in [4.78, 5) is 35.7. The van der Waals surface area contributed by atoms with Crippen molar-refractivity contribution in [1.82, 2.24) is 10.6 Å². The molecule has 0 fully saturated rings. The summed E-state index contributed by atoms with van der Waals surface area (Å²) in [6, 6.07) is 5.46. The van der Waals surface area contributed by atoms with E-state index in [2.05, 4.69) is 26.6 Å². The maximum atomic E-state index is 13.7. The smallest absolute Gasteiger partial charge is 0.328 e. The van der Waals surface area contributed by atoms with E-state index in [4.69, 9.17) is 11.6 Å². The Labute approximate surface area is 159 Å². The van der Waals surface area contributed by atoms with Gasteiger partial charge < -0.3 is 15.7 Å². The van der Waals surface area contributed by atoms with Crippen LogP contribution in [-0.4, -0.2) is 35.5 Å². The molecule has 0 radical (unpaired) electrons. The SMILES string of the molecule is O=C(NC[C@H](NC(=O)c1c(F)cccc1Cl)C(=O)O)c1ccc(Br)s1. The standard InChI is InChI=1S/C15H11BrClFN2O4S/c16-11-5-4-10(25-11)13(21)19-6-9(15(23)24)20-14(22)12-7(17)2-1-3-8(12)18/h1-5,9H,6H2,(H,19,21)(H,20,22)(H,23,24)/t9-/m0/s1. The highest BCUT2D eigenvalue weighted by atomic mass is 79.9. The molecule has 2 aromatic rings. The van der Waals surface area contributed by atoms with Gasteiger partial charge in [0.25, 0.3) is 11.8 Å². The Morgan fingerprint density at radius 1 is 1.24 bits per heavy atom. The first-order valence-corrected chi connectivity index (χ1v) is 8.79. The minimum Gasteiger partial charge on any atom is -0.480 e. The Balaban J connectivity index is 2.05. The molecule has 0 spiro atoms. The van der Waals surface area contributed by atoms with Crippen molar-refractivity contribution in [2.75, 3.05) is 6.54 Å². The summed E-state index contributed by atoms with van der Waals surface area (Å²) in [5, 5.41) is 13.6. The Morgan fingerprint density at radius 2 is 1.96 bits per heavy atom. The molecule has 2 amide bonds. The fourth-order valence-electron chi connectivity index (χ4n) is 1.86. The zero-order valence-electron chi connectivity index (χ0n) is 12.4. The van der Waals surface area contributed by atoms with Crippen molar-refractivity contribution < 1.29 is 23.9 Å². The van der Waals surface area contributed by atoms with E-state index in [-0.39, 0.29) is 11.6 Å². The number of thiophene rings is 1. The molecular weight excluding hydrogens is 439 g/mol.